The van der Waals surface area contributed by atoms with Gasteiger partial charge in [-0.2, -0.15) is 0 Å². The van der Waals surface area contributed by atoms with Crippen molar-refractivity contribution in [1.29, 1.82) is 0 Å². The standard InChI is InChI=1S/C11H15N3O4/c1-4-8(11(15)16)13(3)10-6-5-9(14(17)18)7(2)12-10/h5-6,8H,4H2,1-3H3,(H,15,16). The minimum atomic E-state index is -0.946. The zero-order chi connectivity index (χ0) is 13.9. The lowest BCUT2D eigenvalue weighted by molar-refractivity contribution is -0.385. The van der Waals surface area contributed by atoms with Gasteiger partial charge in [0.2, 0.25) is 0 Å². The maximum Gasteiger partial charge on any atom is 0.326 e. The average molecular weight is 253 g/mol. The third kappa shape index (κ3) is 2.73. The predicted molar refractivity (Wildman–Crippen MR) is 65.7 cm³/mol. The van der Waals surface area contributed by atoms with Crippen LogP contribution in [-0.2, 0) is 4.79 Å². The first-order valence-electron chi connectivity index (χ1n) is 5.46. The first kappa shape index (κ1) is 13.9. The second-order valence-electron chi connectivity index (χ2n) is 3.90. The van der Waals surface area contributed by atoms with Crippen LogP contribution in [0, 0.1) is 17.0 Å². The number of carboxylic acids is 1. The Hall–Kier alpha value is -2.18. The number of aliphatic carboxylic acids is 1. The molecule has 7 heteroatoms. The maximum absolute atomic E-state index is 11.0. The van der Waals surface area contributed by atoms with Crippen molar-refractivity contribution in [2.75, 3.05) is 11.9 Å². The van der Waals surface area contributed by atoms with Crippen molar-refractivity contribution in [1.82, 2.24) is 4.98 Å². The molecule has 1 aromatic heterocycles. The lowest BCUT2D eigenvalue weighted by Gasteiger charge is -2.24. The number of likely N-dealkylation sites (N-methyl/N-ethyl adjacent to an activating group) is 1. The molecule has 1 unspecified atom stereocenters. The second-order valence-corrected chi connectivity index (χ2v) is 3.90. The van der Waals surface area contributed by atoms with Crippen LogP contribution in [0.4, 0.5) is 11.5 Å². The molecule has 0 fully saturated rings. The monoisotopic (exact) mass is 253 g/mol. The predicted octanol–water partition coefficient (Wildman–Crippen LogP) is 1.60. The molecule has 0 saturated heterocycles. The molecule has 0 aromatic carbocycles. The van der Waals surface area contributed by atoms with Gasteiger partial charge in [0.15, 0.2) is 0 Å². The number of nitro groups is 1. The van der Waals surface area contributed by atoms with Gasteiger partial charge in [-0.3, -0.25) is 10.1 Å². The Bertz CT molecular complexity index is 475. The van der Waals surface area contributed by atoms with E-state index in [1.54, 1.807) is 14.0 Å². The number of carbonyl (C=O) groups is 1. The van der Waals surface area contributed by atoms with Gasteiger partial charge in [-0.15, -0.1) is 0 Å². The fourth-order valence-corrected chi connectivity index (χ4v) is 1.70. The quantitative estimate of drug-likeness (QED) is 0.632. The van der Waals surface area contributed by atoms with Gasteiger partial charge in [0, 0.05) is 13.1 Å². The van der Waals surface area contributed by atoms with Gasteiger partial charge in [-0.05, 0) is 19.4 Å². The summed E-state index contributed by atoms with van der Waals surface area (Å²) in [6, 6.07) is 2.10. The van der Waals surface area contributed by atoms with E-state index < -0.39 is 16.9 Å². The molecule has 98 valence electrons. The summed E-state index contributed by atoms with van der Waals surface area (Å²) in [6.45, 7) is 3.28. The molecule has 0 radical (unpaired) electrons. The molecule has 7 nitrogen and oxygen atoms in total. The van der Waals surface area contributed by atoms with Crippen molar-refractivity contribution >= 4 is 17.5 Å². The molecule has 0 saturated carbocycles. The smallest absolute Gasteiger partial charge is 0.326 e. The normalized spacial score (nSPS) is 11.9. The molecule has 18 heavy (non-hydrogen) atoms. The Morgan fingerprint density at radius 1 is 1.61 bits per heavy atom. The van der Waals surface area contributed by atoms with Crippen LogP contribution in [-0.4, -0.2) is 34.1 Å². The Morgan fingerprint density at radius 2 is 2.22 bits per heavy atom. The molecule has 0 aliphatic heterocycles. The zero-order valence-electron chi connectivity index (χ0n) is 10.5. The highest BCUT2D eigenvalue weighted by atomic mass is 16.6. The zero-order valence-corrected chi connectivity index (χ0v) is 10.5. The van der Waals surface area contributed by atoms with Crippen LogP contribution in [0.1, 0.15) is 19.0 Å². The third-order valence-corrected chi connectivity index (χ3v) is 2.74. The van der Waals surface area contributed by atoms with Gasteiger partial charge in [-0.1, -0.05) is 6.92 Å². The summed E-state index contributed by atoms with van der Waals surface area (Å²) in [5.41, 5.74) is 0.195. The van der Waals surface area contributed by atoms with Gasteiger partial charge in [0.25, 0.3) is 5.69 Å². The maximum atomic E-state index is 11.0. The first-order valence-corrected chi connectivity index (χ1v) is 5.46. The number of hydrogen-bond acceptors (Lipinski definition) is 5. The van der Waals surface area contributed by atoms with E-state index >= 15 is 0 Å². The van der Waals surface area contributed by atoms with Gasteiger partial charge in [0.1, 0.15) is 17.6 Å². The van der Waals surface area contributed by atoms with E-state index in [-0.39, 0.29) is 11.4 Å². The van der Waals surface area contributed by atoms with Crippen LogP contribution in [0.15, 0.2) is 12.1 Å². The SMILES string of the molecule is CCC(C(=O)O)N(C)c1ccc([N+](=O)[O-])c(C)n1. The fourth-order valence-electron chi connectivity index (χ4n) is 1.70. The molecule has 0 aliphatic rings. The topological polar surface area (TPSA) is 96.6 Å². The number of pyridine rings is 1. The summed E-state index contributed by atoms with van der Waals surface area (Å²) < 4.78 is 0. The molecule has 0 spiro atoms. The minimum Gasteiger partial charge on any atom is -0.480 e. The number of aryl methyl sites for hydroxylation is 1. The Labute approximate surface area is 104 Å². The van der Waals surface area contributed by atoms with E-state index in [1.165, 1.54) is 24.0 Å². The molecular formula is C11H15N3O4. The van der Waals surface area contributed by atoms with E-state index in [0.29, 0.717) is 12.2 Å². The third-order valence-electron chi connectivity index (χ3n) is 2.74. The molecular weight excluding hydrogens is 238 g/mol. The van der Waals surface area contributed by atoms with Crippen molar-refractivity contribution in [2.45, 2.75) is 26.3 Å². The van der Waals surface area contributed by atoms with Crippen LogP contribution < -0.4 is 4.90 Å². The van der Waals surface area contributed by atoms with E-state index in [4.69, 9.17) is 5.11 Å². The van der Waals surface area contributed by atoms with E-state index in [1.807, 2.05) is 0 Å². The van der Waals surface area contributed by atoms with Gasteiger partial charge in [-0.25, -0.2) is 9.78 Å². The van der Waals surface area contributed by atoms with Crippen LogP contribution in [0.3, 0.4) is 0 Å². The number of carboxylic acid groups (broad SMARTS) is 1. The molecule has 1 N–H and O–H groups in total. The van der Waals surface area contributed by atoms with Crippen LogP contribution in [0.25, 0.3) is 0 Å². The number of aromatic nitrogens is 1. The highest BCUT2D eigenvalue weighted by Crippen LogP contribution is 2.21. The van der Waals surface area contributed by atoms with Crippen molar-refractivity contribution in [2.24, 2.45) is 0 Å². The summed E-state index contributed by atoms with van der Waals surface area (Å²) in [5, 5.41) is 19.7. The molecule has 0 amide bonds. The molecule has 1 atom stereocenters. The van der Waals surface area contributed by atoms with Crippen molar-refractivity contribution in [3.05, 3.63) is 27.9 Å². The average Bonchev–Trinajstić information content (AvgIpc) is 2.28. The van der Waals surface area contributed by atoms with Gasteiger partial charge < -0.3 is 10.0 Å². The summed E-state index contributed by atoms with van der Waals surface area (Å²) in [5.74, 6) is -0.537. The highest BCUT2D eigenvalue weighted by molar-refractivity contribution is 5.77. The van der Waals surface area contributed by atoms with E-state index in [9.17, 15) is 14.9 Å². The summed E-state index contributed by atoms with van der Waals surface area (Å²) in [7, 11) is 1.61. The largest absolute Gasteiger partial charge is 0.480 e. The van der Waals surface area contributed by atoms with Crippen molar-refractivity contribution in [3.63, 3.8) is 0 Å². The fraction of sp³-hybridized carbons (Fsp3) is 0.455. The minimum absolute atomic E-state index is 0.0736. The Kier molecular flexibility index (Phi) is 4.19. The van der Waals surface area contributed by atoms with Crippen molar-refractivity contribution in [3.8, 4) is 0 Å². The molecule has 1 aromatic rings. The molecule has 0 aliphatic carbocycles. The number of rotatable bonds is 5. The van der Waals surface area contributed by atoms with Crippen LogP contribution in [0.5, 0.6) is 0 Å². The summed E-state index contributed by atoms with van der Waals surface area (Å²) in [6.07, 6.45) is 0.420. The lowest BCUT2D eigenvalue weighted by Crippen LogP contribution is -2.38. The lowest BCUT2D eigenvalue weighted by atomic mass is 10.2. The van der Waals surface area contributed by atoms with Crippen LogP contribution in [0.2, 0.25) is 0 Å². The Morgan fingerprint density at radius 3 is 2.61 bits per heavy atom. The molecule has 1 heterocycles. The molecule has 0 bridgehead atoms. The van der Waals surface area contributed by atoms with Crippen molar-refractivity contribution < 1.29 is 14.8 Å². The number of anilines is 1. The highest BCUT2D eigenvalue weighted by Gasteiger charge is 2.23. The number of nitrogens with zero attached hydrogens (tertiary/aromatic N) is 3. The summed E-state index contributed by atoms with van der Waals surface area (Å²) in [4.78, 5) is 26.7. The first-order chi connectivity index (χ1) is 8.38. The second kappa shape index (κ2) is 5.44. The van der Waals surface area contributed by atoms with E-state index in [0.717, 1.165) is 0 Å². The van der Waals surface area contributed by atoms with Crippen LogP contribution >= 0.6 is 0 Å². The van der Waals surface area contributed by atoms with E-state index in [2.05, 4.69) is 4.98 Å². The van der Waals surface area contributed by atoms with Gasteiger partial charge in [0.05, 0.1) is 4.92 Å². The molecule has 1 rings (SSSR count). The van der Waals surface area contributed by atoms with Gasteiger partial charge >= 0.3 is 5.97 Å². The summed E-state index contributed by atoms with van der Waals surface area (Å²) >= 11 is 0. The Balaban J connectivity index is 3.07. The number of hydrogen-bond donors (Lipinski definition) is 1.